The third-order valence-electron chi connectivity index (χ3n) is 2.09. The molecule has 0 bridgehead atoms. The Morgan fingerprint density at radius 1 is 1.25 bits per heavy atom. The molecule has 16 heavy (non-hydrogen) atoms. The van der Waals surface area contributed by atoms with Crippen molar-refractivity contribution in [3.63, 3.8) is 0 Å². The maximum absolute atomic E-state index is 6.03. The van der Waals surface area contributed by atoms with Gasteiger partial charge in [-0.05, 0) is 17.7 Å². The van der Waals surface area contributed by atoms with E-state index in [0.29, 0.717) is 11.3 Å². The lowest BCUT2D eigenvalue weighted by atomic mass is 10.2. The molecule has 1 rings (SSSR count). The molecular formula is C13H20ClNS. The Kier molecular flexibility index (Phi) is 5.67. The topological polar surface area (TPSA) is 12.0 Å². The summed E-state index contributed by atoms with van der Waals surface area (Å²) in [6.07, 6.45) is 0. The SMILES string of the molecule is CC(C)NCc1ccc(Cl)cc1SC(C)C. The number of thioether (sulfide) groups is 1. The highest BCUT2D eigenvalue weighted by molar-refractivity contribution is 8.00. The minimum absolute atomic E-state index is 0.507. The zero-order valence-corrected chi connectivity index (χ0v) is 12.0. The molecule has 0 unspecified atom stereocenters. The van der Waals surface area contributed by atoms with Crippen molar-refractivity contribution in [2.24, 2.45) is 0 Å². The van der Waals surface area contributed by atoms with Crippen LogP contribution in [0, 0.1) is 0 Å². The van der Waals surface area contributed by atoms with Crippen molar-refractivity contribution in [3.8, 4) is 0 Å². The van der Waals surface area contributed by atoms with Crippen LogP contribution in [-0.2, 0) is 6.54 Å². The van der Waals surface area contributed by atoms with Crippen LogP contribution < -0.4 is 5.32 Å². The molecule has 0 saturated carbocycles. The highest BCUT2D eigenvalue weighted by Crippen LogP contribution is 2.29. The highest BCUT2D eigenvalue weighted by Gasteiger charge is 2.06. The lowest BCUT2D eigenvalue weighted by Gasteiger charge is -2.14. The van der Waals surface area contributed by atoms with Gasteiger partial charge in [-0.1, -0.05) is 45.4 Å². The summed E-state index contributed by atoms with van der Waals surface area (Å²) >= 11 is 7.90. The van der Waals surface area contributed by atoms with Crippen molar-refractivity contribution in [1.82, 2.24) is 5.32 Å². The number of nitrogens with one attached hydrogen (secondary N) is 1. The minimum Gasteiger partial charge on any atom is -0.310 e. The molecule has 0 heterocycles. The van der Waals surface area contributed by atoms with Crippen molar-refractivity contribution in [2.45, 2.75) is 50.4 Å². The van der Waals surface area contributed by atoms with Gasteiger partial charge in [0.25, 0.3) is 0 Å². The zero-order chi connectivity index (χ0) is 12.1. The van der Waals surface area contributed by atoms with E-state index in [1.807, 2.05) is 17.8 Å². The Bertz CT molecular complexity index is 337. The van der Waals surface area contributed by atoms with Crippen LogP contribution in [0.3, 0.4) is 0 Å². The molecule has 0 spiro atoms. The zero-order valence-electron chi connectivity index (χ0n) is 10.4. The van der Waals surface area contributed by atoms with E-state index in [4.69, 9.17) is 11.6 Å². The smallest absolute Gasteiger partial charge is 0.0417 e. The molecular weight excluding hydrogens is 238 g/mol. The number of benzene rings is 1. The van der Waals surface area contributed by atoms with E-state index in [0.717, 1.165) is 11.6 Å². The second kappa shape index (κ2) is 6.53. The fraction of sp³-hybridized carbons (Fsp3) is 0.538. The first-order valence-electron chi connectivity index (χ1n) is 5.67. The van der Waals surface area contributed by atoms with E-state index in [9.17, 15) is 0 Å². The lowest BCUT2D eigenvalue weighted by molar-refractivity contribution is 0.584. The quantitative estimate of drug-likeness (QED) is 0.788. The Morgan fingerprint density at radius 3 is 2.50 bits per heavy atom. The predicted molar refractivity (Wildman–Crippen MR) is 74.4 cm³/mol. The molecule has 0 aliphatic heterocycles. The van der Waals surface area contributed by atoms with Gasteiger partial charge >= 0.3 is 0 Å². The summed E-state index contributed by atoms with van der Waals surface area (Å²) in [4.78, 5) is 1.29. The van der Waals surface area contributed by atoms with Gasteiger partial charge in [-0.25, -0.2) is 0 Å². The Hall–Kier alpha value is -0.180. The Labute approximate surface area is 108 Å². The van der Waals surface area contributed by atoms with Gasteiger partial charge in [0.1, 0.15) is 0 Å². The van der Waals surface area contributed by atoms with Crippen molar-refractivity contribution < 1.29 is 0 Å². The second-order valence-electron chi connectivity index (χ2n) is 4.45. The molecule has 1 N–H and O–H groups in total. The third kappa shape index (κ3) is 4.77. The predicted octanol–water partition coefficient (Wildman–Crippen LogP) is 4.34. The molecule has 0 aromatic heterocycles. The van der Waals surface area contributed by atoms with Crippen LogP contribution in [-0.4, -0.2) is 11.3 Å². The molecule has 0 aliphatic carbocycles. The molecule has 0 amide bonds. The second-order valence-corrected chi connectivity index (χ2v) is 6.51. The number of rotatable bonds is 5. The lowest BCUT2D eigenvalue weighted by Crippen LogP contribution is -2.22. The maximum atomic E-state index is 6.03. The van der Waals surface area contributed by atoms with E-state index in [-0.39, 0.29) is 0 Å². The standard InChI is InChI=1S/C13H20ClNS/c1-9(2)15-8-11-5-6-12(14)7-13(11)16-10(3)4/h5-7,9-10,15H,8H2,1-4H3. The fourth-order valence-electron chi connectivity index (χ4n) is 1.35. The maximum Gasteiger partial charge on any atom is 0.0417 e. The molecule has 3 heteroatoms. The summed E-state index contributed by atoms with van der Waals surface area (Å²) in [5.41, 5.74) is 1.33. The van der Waals surface area contributed by atoms with Crippen LogP contribution in [0.2, 0.25) is 5.02 Å². The molecule has 1 aromatic carbocycles. The van der Waals surface area contributed by atoms with Gasteiger partial charge in [0.15, 0.2) is 0 Å². The van der Waals surface area contributed by atoms with E-state index in [2.05, 4.69) is 45.1 Å². The summed E-state index contributed by atoms with van der Waals surface area (Å²) < 4.78 is 0. The van der Waals surface area contributed by atoms with Crippen LogP contribution in [0.5, 0.6) is 0 Å². The molecule has 1 aromatic rings. The number of hydrogen-bond donors (Lipinski definition) is 1. The van der Waals surface area contributed by atoms with Gasteiger partial charge in [0.05, 0.1) is 0 Å². The average Bonchev–Trinajstić information content (AvgIpc) is 2.15. The van der Waals surface area contributed by atoms with Crippen LogP contribution >= 0.6 is 23.4 Å². The van der Waals surface area contributed by atoms with E-state index in [1.54, 1.807) is 0 Å². The van der Waals surface area contributed by atoms with Crippen LogP contribution in [0.4, 0.5) is 0 Å². The highest BCUT2D eigenvalue weighted by atomic mass is 35.5. The van der Waals surface area contributed by atoms with Crippen molar-refractivity contribution in [3.05, 3.63) is 28.8 Å². The molecule has 1 nitrogen and oxygen atoms in total. The first kappa shape index (κ1) is 13.9. The summed E-state index contributed by atoms with van der Waals surface area (Å²) in [5, 5.41) is 4.83. The fourth-order valence-corrected chi connectivity index (χ4v) is 2.58. The van der Waals surface area contributed by atoms with Gasteiger partial charge in [-0.15, -0.1) is 11.8 Å². The van der Waals surface area contributed by atoms with E-state index < -0.39 is 0 Å². The van der Waals surface area contributed by atoms with Crippen molar-refractivity contribution >= 4 is 23.4 Å². The average molecular weight is 258 g/mol. The minimum atomic E-state index is 0.507. The summed E-state index contributed by atoms with van der Waals surface area (Å²) in [6.45, 7) is 9.62. The Balaban J connectivity index is 2.80. The molecule has 0 saturated heterocycles. The van der Waals surface area contributed by atoms with Crippen LogP contribution in [0.1, 0.15) is 33.3 Å². The van der Waals surface area contributed by atoms with E-state index in [1.165, 1.54) is 10.5 Å². The molecule has 0 atom stereocenters. The largest absolute Gasteiger partial charge is 0.310 e. The van der Waals surface area contributed by atoms with Gasteiger partial charge in [0.2, 0.25) is 0 Å². The first-order chi connectivity index (χ1) is 7.49. The number of hydrogen-bond acceptors (Lipinski definition) is 2. The summed E-state index contributed by atoms with van der Waals surface area (Å²) in [7, 11) is 0. The van der Waals surface area contributed by atoms with Crippen LogP contribution in [0.15, 0.2) is 23.1 Å². The normalized spacial score (nSPS) is 11.4. The van der Waals surface area contributed by atoms with Gasteiger partial charge in [-0.2, -0.15) is 0 Å². The van der Waals surface area contributed by atoms with Crippen LogP contribution in [0.25, 0.3) is 0 Å². The summed E-state index contributed by atoms with van der Waals surface area (Å²) in [6, 6.07) is 6.64. The molecule has 0 fully saturated rings. The van der Waals surface area contributed by atoms with Gasteiger partial charge in [-0.3, -0.25) is 0 Å². The molecule has 0 radical (unpaired) electrons. The summed E-state index contributed by atoms with van der Waals surface area (Å²) in [5.74, 6) is 0. The Morgan fingerprint density at radius 2 is 1.94 bits per heavy atom. The van der Waals surface area contributed by atoms with Crippen molar-refractivity contribution in [1.29, 1.82) is 0 Å². The monoisotopic (exact) mass is 257 g/mol. The van der Waals surface area contributed by atoms with Crippen molar-refractivity contribution in [2.75, 3.05) is 0 Å². The van der Waals surface area contributed by atoms with Gasteiger partial charge in [0, 0.05) is 27.8 Å². The number of halogens is 1. The first-order valence-corrected chi connectivity index (χ1v) is 6.93. The van der Waals surface area contributed by atoms with Gasteiger partial charge < -0.3 is 5.32 Å². The molecule has 90 valence electrons. The molecule has 0 aliphatic rings. The third-order valence-corrected chi connectivity index (χ3v) is 3.43. The van der Waals surface area contributed by atoms with E-state index >= 15 is 0 Å².